The Labute approximate surface area is 414 Å². The molecule has 1 aliphatic carbocycles. The third kappa shape index (κ3) is 6.09. The second kappa shape index (κ2) is 15.0. The molecule has 0 saturated heterocycles. The summed E-state index contributed by atoms with van der Waals surface area (Å²) in [7, 11) is 0. The Morgan fingerprint density at radius 1 is 0.514 bits per heavy atom. The van der Waals surface area contributed by atoms with Crippen LogP contribution in [0.5, 0.6) is 0 Å². The van der Waals surface area contributed by atoms with Gasteiger partial charge >= 0.3 is 0 Å². The molecule has 1 saturated carbocycles. The van der Waals surface area contributed by atoms with Gasteiger partial charge in [-0.25, -0.2) is 0 Å². The molecule has 4 nitrogen and oxygen atoms in total. The maximum absolute atomic E-state index is 7.01. The zero-order valence-corrected chi connectivity index (χ0v) is 42.2. The Balaban J connectivity index is 1.13. The van der Waals surface area contributed by atoms with E-state index in [-0.39, 0.29) is 28.5 Å². The van der Waals surface area contributed by atoms with Crippen LogP contribution in [-0.2, 0) is 16.2 Å². The monoisotopic (exact) mass is 911 g/mol. The zero-order valence-electron chi connectivity index (χ0n) is 42.2. The van der Waals surface area contributed by atoms with Gasteiger partial charge in [0.25, 0.3) is 6.71 Å². The fourth-order valence-electron chi connectivity index (χ4n) is 13.3. The van der Waals surface area contributed by atoms with Gasteiger partial charge in [-0.3, -0.25) is 0 Å². The van der Waals surface area contributed by atoms with Crippen LogP contribution in [0, 0.1) is 6.92 Å². The molecule has 8 aromatic carbocycles. The summed E-state index contributed by atoms with van der Waals surface area (Å²) in [6, 6.07) is 62.5. The molecule has 1 fully saturated rings. The van der Waals surface area contributed by atoms with Crippen molar-refractivity contribution in [2.24, 2.45) is 0 Å². The first kappa shape index (κ1) is 43.1. The minimum absolute atomic E-state index is 0.0258. The first-order chi connectivity index (χ1) is 33.6. The molecule has 0 amide bonds. The highest BCUT2D eigenvalue weighted by atomic mass is 16.3. The summed E-state index contributed by atoms with van der Waals surface area (Å²) in [6.45, 7) is 21.3. The summed E-state index contributed by atoms with van der Waals surface area (Å²) in [5.41, 5.74) is 23.0. The second-order valence-electron chi connectivity index (χ2n) is 23.4. The molecule has 2 atom stereocenters. The highest BCUT2D eigenvalue weighted by Crippen LogP contribution is 2.61. The summed E-state index contributed by atoms with van der Waals surface area (Å²) in [5, 5.41) is 2.26. The normalized spacial score (nSPS) is 19.3. The molecule has 0 spiro atoms. The van der Waals surface area contributed by atoms with Gasteiger partial charge in [0, 0.05) is 55.9 Å². The van der Waals surface area contributed by atoms with Gasteiger partial charge in [-0.15, -0.1) is 0 Å². The van der Waals surface area contributed by atoms with E-state index in [9.17, 15) is 0 Å². The number of hydrogen-bond acceptors (Lipinski definition) is 4. The first-order valence-electron chi connectivity index (χ1n) is 25.7. The van der Waals surface area contributed by atoms with Gasteiger partial charge in [-0.2, -0.15) is 0 Å². The molecule has 346 valence electrons. The van der Waals surface area contributed by atoms with Crippen LogP contribution in [0.2, 0.25) is 0 Å². The number of benzene rings is 8. The van der Waals surface area contributed by atoms with E-state index in [1.165, 1.54) is 109 Å². The third-order valence-corrected chi connectivity index (χ3v) is 17.1. The van der Waals surface area contributed by atoms with Crippen molar-refractivity contribution in [2.45, 2.75) is 110 Å². The van der Waals surface area contributed by atoms with E-state index in [1.807, 2.05) is 0 Å². The first-order valence-corrected chi connectivity index (χ1v) is 25.7. The van der Waals surface area contributed by atoms with Crippen LogP contribution in [0.1, 0.15) is 103 Å². The Hall–Kier alpha value is -6.98. The largest absolute Gasteiger partial charge is 0.454 e. The Morgan fingerprint density at radius 2 is 1.16 bits per heavy atom. The van der Waals surface area contributed by atoms with Crippen molar-refractivity contribution in [3.63, 3.8) is 0 Å². The van der Waals surface area contributed by atoms with E-state index >= 15 is 0 Å². The molecule has 9 aromatic rings. The fourth-order valence-corrected chi connectivity index (χ4v) is 13.3. The number of aryl methyl sites for hydroxylation is 1. The number of nitrogens with zero attached hydrogens (tertiary/aromatic N) is 3. The molecule has 4 aliphatic rings. The zero-order chi connectivity index (χ0) is 48.1. The lowest BCUT2D eigenvalue weighted by molar-refractivity contribution is 0.195. The fraction of sp³-hybridized carbons (Fsp3) is 0.262. The number of furan rings is 1. The lowest BCUT2D eigenvalue weighted by Gasteiger charge is -2.50. The molecule has 0 N–H and O–H groups in total. The number of rotatable bonds is 4. The molecule has 13 rings (SSSR count). The topological polar surface area (TPSA) is 22.9 Å². The smallest absolute Gasteiger partial charge is 0.252 e. The number of para-hydroxylation sites is 3. The summed E-state index contributed by atoms with van der Waals surface area (Å²) >= 11 is 0. The maximum atomic E-state index is 7.01. The van der Waals surface area contributed by atoms with Gasteiger partial charge in [-0.05, 0) is 142 Å². The lowest BCUT2D eigenvalue weighted by Crippen LogP contribution is -2.61. The molecule has 0 radical (unpaired) electrons. The third-order valence-electron chi connectivity index (χ3n) is 17.1. The predicted molar refractivity (Wildman–Crippen MR) is 298 cm³/mol. The molecule has 4 heterocycles. The van der Waals surface area contributed by atoms with Crippen LogP contribution < -0.4 is 31.1 Å². The summed E-state index contributed by atoms with van der Waals surface area (Å²) in [6.07, 6.45) is 4.82. The number of fused-ring (bicyclic) bond motifs is 10. The average molecular weight is 912 g/mol. The van der Waals surface area contributed by atoms with E-state index in [2.05, 4.69) is 241 Å². The van der Waals surface area contributed by atoms with E-state index < -0.39 is 0 Å². The highest BCUT2D eigenvalue weighted by Gasteiger charge is 2.58. The highest BCUT2D eigenvalue weighted by molar-refractivity contribution is 7.00. The Kier molecular flexibility index (Phi) is 9.24. The van der Waals surface area contributed by atoms with Gasteiger partial charge in [0.15, 0.2) is 5.58 Å². The van der Waals surface area contributed by atoms with Crippen LogP contribution in [0.25, 0.3) is 33.1 Å². The molecule has 1 aromatic heterocycles. The van der Waals surface area contributed by atoms with Crippen LogP contribution in [0.4, 0.5) is 45.5 Å². The van der Waals surface area contributed by atoms with E-state index in [4.69, 9.17) is 4.42 Å². The van der Waals surface area contributed by atoms with Gasteiger partial charge in [0.05, 0.1) is 16.9 Å². The van der Waals surface area contributed by atoms with Crippen molar-refractivity contribution in [1.29, 1.82) is 0 Å². The SMILES string of the molecule is Cc1cc2c3c(c1)N(c1cccc4c1oc1ccccc14)c1cc(N4c5ccccc5C5(C)CCCCC45C)ccc1B3c1cc(C(C)(C)C)ccc1N2c1ccc(C(C)(C)C)cc1-c1ccccc1. The van der Waals surface area contributed by atoms with Crippen LogP contribution >= 0.6 is 0 Å². The number of anilines is 8. The van der Waals surface area contributed by atoms with Crippen molar-refractivity contribution >= 4 is 90.5 Å². The van der Waals surface area contributed by atoms with E-state index in [0.717, 1.165) is 34.0 Å². The molecule has 0 bridgehead atoms. The minimum atomic E-state index is -0.0817. The molecular formula is C65H62BN3O. The Morgan fingerprint density at radius 3 is 1.93 bits per heavy atom. The quantitative estimate of drug-likeness (QED) is 0.164. The molecule has 2 unspecified atom stereocenters. The molecular weight excluding hydrogens is 850 g/mol. The Bertz CT molecular complexity index is 3610. The van der Waals surface area contributed by atoms with Gasteiger partial charge in [0.1, 0.15) is 5.58 Å². The summed E-state index contributed by atoms with van der Waals surface area (Å²) in [5.74, 6) is 0. The van der Waals surface area contributed by atoms with E-state index in [0.29, 0.717) is 0 Å². The van der Waals surface area contributed by atoms with Crippen molar-refractivity contribution in [1.82, 2.24) is 0 Å². The standard InChI is InChI=1S/C65H62BN3O/c1-41-36-57-60-58(37-41)68(55-26-19-23-47-46-22-13-16-27-59(46)70-61(47)55)56-40-45(69-53-25-15-14-24-49(53)64(8)34-17-18-35-65(64,69)9)30-31-50(56)66(60)51-39-44(63(5,6)7)29-33-54(51)67(57)52-32-28-43(62(2,3)4)38-48(52)42-20-11-10-12-21-42/h10-16,19-33,36-40H,17-18,34-35H2,1-9H3. The van der Waals surface area contributed by atoms with Gasteiger partial charge in [0.2, 0.25) is 0 Å². The second-order valence-corrected chi connectivity index (χ2v) is 23.4. The van der Waals surface area contributed by atoms with Crippen molar-refractivity contribution < 1.29 is 4.42 Å². The van der Waals surface area contributed by atoms with Crippen LogP contribution in [-0.4, -0.2) is 12.3 Å². The summed E-state index contributed by atoms with van der Waals surface area (Å²) < 4.78 is 7.01. The van der Waals surface area contributed by atoms with Gasteiger partial charge < -0.3 is 19.1 Å². The molecule has 5 heteroatoms. The number of hydrogen-bond donors (Lipinski definition) is 0. The minimum Gasteiger partial charge on any atom is -0.454 e. The van der Waals surface area contributed by atoms with E-state index in [1.54, 1.807) is 0 Å². The lowest BCUT2D eigenvalue weighted by atomic mass is 9.33. The van der Waals surface area contributed by atoms with Crippen molar-refractivity contribution in [3.05, 3.63) is 186 Å². The van der Waals surface area contributed by atoms with Crippen molar-refractivity contribution in [3.8, 4) is 11.1 Å². The van der Waals surface area contributed by atoms with Crippen LogP contribution in [0.3, 0.4) is 0 Å². The van der Waals surface area contributed by atoms with Gasteiger partial charge in [-0.1, -0.05) is 164 Å². The summed E-state index contributed by atoms with van der Waals surface area (Å²) in [4.78, 5) is 7.91. The average Bonchev–Trinajstić information content (AvgIpc) is 3.83. The molecule has 3 aliphatic heterocycles. The van der Waals surface area contributed by atoms with Crippen molar-refractivity contribution in [2.75, 3.05) is 14.7 Å². The molecule has 70 heavy (non-hydrogen) atoms. The van der Waals surface area contributed by atoms with Crippen LogP contribution in [0.15, 0.2) is 168 Å². The predicted octanol–water partition coefficient (Wildman–Crippen LogP) is 16.0. The maximum Gasteiger partial charge on any atom is 0.252 e.